The van der Waals surface area contributed by atoms with Gasteiger partial charge in [0.15, 0.2) is 16.6 Å². The van der Waals surface area contributed by atoms with E-state index >= 15 is 0 Å². The van der Waals surface area contributed by atoms with Crippen molar-refractivity contribution in [1.82, 2.24) is 14.8 Å². The lowest BCUT2D eigenvalue weighted by Crippen LogP contribution is -2.45. The molecule has 7 heteroatoms. The highest BCUT2D eigenvalue weighted by Crippen LogP contribution is 2.33. The standard InChI is InChI=1S/C19H24N4O2S/c1-21-5-4-15-18(12-21)26-19(20-15)23-8-6-22(7-9-23)11-14-2-3-16-17(10-14)25-13-24-16/h2-3,10H,4-9,11-13H2,1H3. The van der Waals surface area contributed by atoms with Gasteiger partial charge in [-0.3, -0.25) is 4.90 Å². The number of piperazine rings is 1. The average Bonchev–Trinajstić information content (AvgIpc) is 3.28. The summed E-state index contributed by atoms with van der Waals surface area (Å²) in [6.07, 6.45) is 1.09. The Balaban J connectivity index is 1.20. The third kappa shape index (κ3) is 3.15. The lowest BCUT2D eigenvalue weighted by atomic mass is 10.1. The second kappa shape index (κ2) is 6.72. The molecule has 0 amide bonds. The van der Waals surface area contributed by atoms with E-state index in [0.717, 1.165) is 63.7 Å². The second-order valence-corrected chi connectivity index (χ2v) is 8.37. The summed E-state index contributed by atoms with van der Waals surface area (Å²) in [5.74, 6) is 1.73. The van der Waals surface area contributed by atoms with Crippen LogP contribution in [0.2, 0.25) is 0 Å². The monoisotopic (exact) mass is 372 g/mol. The average molecular weight is 372 g/mol. The van der Waals surface area contributed by atoms with Crippen molar-refractivity contribution in [2.24, 2.45) is 0 Å². The Labute approximate surface area is 157 Å². The van der Waals surface area contributed by atoms with Gasteiger partial charge >= 0.3 is 0 Å². The van der Waals surface area contributed by atoms with E-state index in [1.807, 2.05) is 17.4 Å². The van der Waals surface area contributed by atoms with Gasteiger partial charge < -0.3 is 19.3 Å². The van der Waals surface area contributed by atoms with Crippen molar-refractivity contribution >= 4 is 16.5 Å². The first-order chi connectivity index (χ1) is 12.7. The summed E-state index contributed by atoms with van der Waals surface area (Å²) < 4.78 is 10.9. The SMILES string of the molecule is CN1CCc2nc(N3CCN(Cc4ccc5c(c4)OCO5)CC3)sc2C1. The number of anilines is 1. The molecule has 1 fully saturated rings. The summed E-state index contributed by atoms with van der Waals surface area (Å²) in [4.78, 5) is 13.7. The fourth-order valence-corrected chi connectivity index (χ4v) is 5.08. The molecule has 0 spiro atoms. The molecule has 5 rings (SSSR count). The third-order valence-corrected chi connectivity index (χ3v) is 6.54. The zero-order valence-electron chi connectivity index (χ0n) is 15.1. The number of rotatable bonds is 3. The smallest absolute Gasteiger partial charge is 0.231 e. The van der Waals surface area contributed by atoms with E-state index in [0.29, 0.717) is 6.79 Å². The van der Waals surface area contributed by atoms with Crippen LogP contribution in [0.5, 0.6) is 11.5 Å². The maximum atomic E-state index is 5.49. The van der Waals surface area contributed by atoms with Crippen LogP contribution in [0.25, 0.3) is 0 Å². The Kier molecular flexibility index (Phi) is 4.23. The van der Waals surface area contributed by atoms with Crippen molar-refractivity contribution in [3.63, 3.8) is 0 Å². The molecule has 0 saturated carbocycles. The molecule has 3 aliphatic rings. The predicted molar refractivity (Wildman–Crippen MR) is 102 cm³/mol. The second-order valence-electron chi connectivity index (χ2n) is 7.30. The number of likely N-dealkylation sites (N-methyl/N-ethyl adjacent to an activating group) is 1. The van der Waals surface area contributed by atoms with E-state index in [9.17, 15) is 0 Å². The van der Waals surface area contributed by atoms with Gasteiger partial charge in [-0.15, -0.1) is 11.3 Å². The first-order valence-corrected chi connectivity index (χ1v) is 10.1. The van der Waals surface area contributed by atoms with Crippen LogP contribution in [0.3, 0.4) is 0 Å². The summed E-state index contributed by atoms with van der Waals surface area (Å²) in [7, 11) is 2.19. The van der Waals surface area contributed by atoms with Crippen molar-refractivity contribution in [2.45, 2.75) is 19.5 Å². The van der Waals surface area contributed by atoms with Gasteiger partial charge in [-0.25, -0.2) is 4.98 Å². The van der Waals surface area contributed by atoms with Crippen molar-refractivity contribution in [2.75, 3.05) is 51.5 Å². The molecule has 4 heterocycles. The number of nitrogens with zero attached hydrogens (tertiary/aromatic N) is 4. The molecule has 1 aromatic carbocycles. The van der Waals surface area contributed by atoms with Crippen molar-refractivity contribution in [3.8, 4) is 11.5 Å². The fourth-order valence-electron chi connectivity index (χ4n) is 3.84. The van der Waals surface area contributed by atoms with Gasteiger partial charge in [-0.2, -0.15) is 0 Å². The first-order valence-electron chi connectivity index (χ1n) is 9.27. The van der Waals surface area contributed by atoms with E-state index < -0.39 is 0 Å². The molecule has 2 aromatic rings. The molecule has 138 valence electrons. The largest absolute Gasteiger partial charge is 0.454 e. The van der Waals surface area contributed by atoms with E-state index in [-0.39, 0.29) is 0 Å². The topological polar surface area (TPSA) is 41.1 Å². The lowest BCUT2D eigenvalue weighted by Gasteiger charge is -2.34. The van der Waals surface area contributed by atoms with Crippen LogP contribution >= 0.6 is 11.3 Å². The van der Waals surface area contributed by atoms with Crippen LogP contribution < -0.4 is 14.4 Å². The van der Waals surface area contributed by atoms with Crippen LogP contribution in [0.4, 0.5) is 5.13 Å². The number of thiazole rings is 1. The molecular weight excluding hydrogens is 348 g/mol. The number of benzene rings is 1. The molecule has 0 N–H and O–H groups in total. The van der Waals surface area contributed by atoms with Crippen molar-refractivity contribution in [1.29, 1.82) is 0 Å². The van der Waals surface area contributed by atoms with Gasteiger partial charge in [-0.1, -0.05) is 6.07 Å². The van der Waals surface area contributed by atoms with E-state index in [2.05, 4.69) is 33.9 Å². The number of hydrogen-bond acceptors (Lipinski definition) is 7. The minimum absolute atomic E-state index is 0.338. The van der Waals surface area contributed by atoms with E-state index in [1.165, 1.54) is 21.3 Å². The quantitative estimate of drug-likeness (QED) is 0.823. The molecule has 3 aliphatic heterocycles. The molecule has 0 aliphatic carbocycles. The molecule has 0 bridgehead atoms. The molecule has 0 radical (unpaired) electrons. The van der Waals surface area contributed by atoms with Crippen LogP contribution in [0.15, 0.2) is 18.2 Å². The van der Waals surface area contributed by atoms with Gasteiger partial charge in [-0.05, 0) is 24.7 Å². The first kappa shape index (κ1) is 16.4. The van der Waals surface area contributed by atoms with Crippen LogP contribution in [0, 0.1) is 0 Å². The summed E-state index contributed by atoms with van der Waals surface area (Å²) in [6, 6.07) is 6.27. The third-order valence-electron chi connectivity index (χ3n) is 5.40. The highest BCUT2D eigenvalue weighted by Gasteiger charge is 2.24. The van der Waals surface area contributed by atoms with E-state index in [1.54, 1.807) is 0 Å². The summed E-state index contributed by atoms with van der Waals surface area (Å²) in [5, 5.41) is 1.22. The lowest BCUT2D eigenvalue weighted by molar-refractivity contribution is 0.174. The molecule has 1 saturated heterocycles. The Morgan fingerprint density at radius 2 is 1.92 bits per heavy atom. The number of ether oxygens (including phenoxy) is 2. The van der Waals surface area contributed by atoms with Gasteiger partial charge in [0.05, 0.1) is 5.69 Å². The summed E-state index contributed by atoms with van der Waals surface area (Å²) in [6.45, 7) is 7.71. The molecule has 26 heavy (non-hydrogen) atoms. The number of aromatic nitrogens is 1. The Morgan fingerprint density at radius 3 is 2.81 bits per heavy atom. The number of hydrogen-bond donors (Lipinski definition) is 0. The molecule has 1 aromatic heterocycles. The predicted octanol–water partition coefficient (Wildman–Crippen LogP) is 2.18. The minimum atomic E-state index is 0.338. The zero-order valence-corrected chi connectivity index (χ0v) is 15.9. The summed E-state index contributed by atoms with van der Waals surface area (Å²) in [5.41, 5.74) is 2.61. The van der Waals surface area contributed by atoms with Gasteiger partial charge in [0.25, 0.3) is 0 Å². The molecule has 0 atom stereocenters. The van der Waals surface area contributed by atoms with Crippen molar-refractivity contribution in [3.05, 3.63) is 34.3 Å². The normalized spacial score (nSPS) is 20.4. The van der Waals surface area contributed by atoms with Gasteiger partial charge in [0, 0.05) is 57.1 Å². The van der Waals surface area contributed by atoms with E-state index in [4.69, 9.17) is 14.5 Å². The van der Waals surface area contributed by atoms with Gasteiger partial charge in [0.2, 0.25) is 6.79 Å². The zero-order chi connectivity index (χ0) is 17.5. The minimum Gasteiger partial charge on any atom is -0.454 e. The highest BCUT2D eigenvalue weighted by atomic mass is 32.1. The maximum Gasteiger partial charge on any atom is 0.231 e. The Bertz CT molecular complexity index is 801. The Hall–Kier alpha value is -1.83. The maximum absolute atomic E-state index is 5.49. The van der Waals surface area contributed by atoms with Crippen LogP contribution in [-0.2, 0) is 19.5 Å². The van der Waals surface area contributed by atoms with Crippen LogP contribution in [0.1, 0.15) is 16.1 Å². The molecule has 0 unspecified atom stereocenters. The number of fused-ring (bicyclic) bond motifs is 2. The van der Waals surface area contributed by atoms with Crippen LogP contribution in [-0.4, -0.2) is 61.3 Å². The Morgan fingerprint density at radius 1 is 1.08 bits per heavy atom. The molecular formula is C19H24N4O2S. The highest BCUT2D eigenvalue weighted by molar-refractivity contribution is 7.15. The molecule has 6 nitrogen and oxygen atoms in total. The summed E-state index contributed by atoms with van der Waals surface area (Å²) >= 11 is 1.89. The van der Waals surface area contributed by atoms with Gasteiger partial charge in [0.1, 0.15) is 0 Å². The van der Waals surface area contributed by atoms with Crippen molar-refractivity contribution < 1.29 is 9.47 Å². The fraction of sp³-hybridized carbons (Fsp3) is 0.526.